The molecule has 116 valence electrons. The predicted molar refractivity (Wildman–Crippen MR) is 85.6 cm³/mol. The summed E-state index contributed by atoms with van der Waals surface area (Å²) in [5.74, 6) is -0.112. The molecule has 0 saturated carbocycles. The lowest BCUT2D eigenvalue weighted by Gasteiger charge is -2.23. The zero-order valence-corrected chi connectivity index (χ0v) is 13.3. The van der Waals surface area contributed by atoms with E-state index < -0.39 is 5.56 Å². The summed E-state index contributed by atoms with van der Waals surface area (Å²) in [7, 11) is 0. The molecule has 1 atom stereocenters. The molecule has 2 rings (SSSR count). The van der Waals surface area contributed by atoms with Gasteiger partial charge in [0.05, 0.1) is 6.21 Å². The van der Waals surface area contributed by atoms with Crippen molar-refractivity contribution in [1.82, 2.24) is 14.6 Å². The number of hydrogen-bond acceptors (Lipinski definition) is 5. The Morgan fingerprint density at radius 2 is 2.10 bits per heavy atom. The van der Waals surface area contributed by atoms with Gasteiger partial charge in [-0.25, -0.2) is 0 Å². The van der Waals surface area contributed by atoms with Gasteiger partial charge in [-0.3, -0.25) is 19.4 Å². The second-order valence-electron chi connectivity index (χ2n) is 5.38. The normalized spacial score (nSPS) is 17.3. The topological polar surface area (TPSA) is 73.6 Å². The maximum absolute atomic E-state index is 12.0. The van der Waals surface area contributed by atoms with Gasteiger partial charge in [0.25, 0.3) is 5.56 Å². The minimum absolute atomic E-state index is 0.0106. The van der Waals surface area contributed by atoms with Gasteiger partial charge >= 0.3 is 0 Å². The van der Waals surface area contributed by atoms with Crippen LogP contribution < -0.4 is 5.56 Å². The maximum atomic E-state index is 12.0. The molecule has 1 aliphatic rings. The van der Waals surface area contributed by atoms with Gasteiger partial charge in [-0.1, -0.05) is 6.92 Å². The van der Waals surface area contributed by atoms with Crippen molar-refractivity contribution in [3.8, 4) is 5.88 Å². The van der Waals surface area contributed by atoms with Gasteiger partial charge in [-0.2, -0.15) is 5.10 Å². The molecule has 1 fully saturated rings. The Kier molecular flexibility index (Phi) is 5.17. The van der Waals surface area contributed by atoms with Gasteiger partial charge in [0.15, 0.2) is 4.77 Å². The minimum Gasteiger partial charge on any atom is -0.494 e. The molecule has 1 aromatic rings. The van der Waals surface area contributed by atoms with Gasteiger partial charge < -0.3 is 5.11 Å². The zero-order valence-electron chi connectivity index (χ0n) is 12.5. The first-order valence-corrected chi connectivity index (χ1v) is 7.82. The van der Waals surface area contributed by atoms with Crippen LogP contribution in [0.2, 0.25) is 0 Å². The summed E-state index contributed by atoms with van der Waals surface area (Å²) in [5.41, 5.74) is -0.243. The van der Waals surface area contributed by atoms with Gasteiger partial charge in [0, 0.05) is 19.1 Å². The molecule has 1 aromatic heterocycles. The molecule has 21 heavy (non-hydrogen) atoms. The number of aromatic nitrogens is 2. The van der Waals surface area contributed by atoms with E-state index in [1.165, 1.54) is 12.6 Å². The SMILES string of the molecule is CCC(C)n1c(O)c(C=NN2CCCCC2)c(=O)[nH]c1=S. The van der Waals surface area contributed by atoms with Crippen LogP contribution in [0.1, 0.15) is 51.1 Å². The van der Waals surface area contributed by atoms with Crippen LogP contribution in [-0.4, -0.2) is 39.0 Å². The third kappa shape index (κ3) is 3.53. The number of hydrazone groups is 1. The van der Waals surface area contributed by atoms with Gasteiger partial charge in [-0.15, -0.1) is 0 Å². The number of hydrogen-bond donors (Lipinski definition) is 2. The van der Waals surface area contributed by atoms with E-state index in [1.54, 1.807) is 4.57 Å². The van der Waals surface area contributed by atoms with E-state index in [2.05, 4.69) is 10.1 Å². The molecule has 1 aliphatic heterocycles. The first-order chi connectivity index (χ1) is 10.0. The molecular formula is C14H22N4O2S. The van der Waals surface area contributed by atoms with E-state index in [0.717, 1.165) is 32.4 Å². The molecule has 1 saturated heterocycles. The van der Waals surface area contributed by atoms with E-state index in [0.29, 0.717) is 0 Å². The van der Waals surface area contributed by atoms with E-state index in [9.17, 15) is 9.90 Å². The number of H-pyrrole nitrogens is 1. The van der Waals surface area contributed by atoms with E-state index in [-0.39, 0.29) is 22.3 Å². The van der Waals surface area contributed by atoms with Crippen molar-refractivity contribution in [2.45, 2.75) is 45.6 Å². The lowest BCUT2D eigenvalue weighted by molar-refractivity contribution is 0.240. The lowest BCUT2D eigenvalue weighted by atomic mass is 10.2. The van der Waals surface area contributed by atoms with E-state index in [4.69, 9.17) is 12.2 Å². The van der Waals surface area contributed by atoms with E-state index in [1.807, 2.05) is 18.9 Å². The molecule has 0 aliphatic carbocycles. The highest BCUT2D eigenvalue weighted by Gasteiger charge is 2.15. The lowest BCUT2D eigenvalue weighted by Crippen LogP contribution is -2.26. The van der Waals surface area contributed by atoms with Crippen molar-refractivity contribution in [1.29, 1.82) is 0 Å². The van der Waals surface area contributed by atoms with Crippen LogP contribution in [0.3, 0.4) is 0 Å². The second kappa shape index (κ2) is 6.89. The molecule has 0 bridgehead atoms. The van der Waals surface area contributed by atoms with Crippen molar-refractivity contribution in [3.63, 3.8) is 0 Å². The Bertz CT molecular complexity index is 629. The second-order valence-corrected chi connectivity index (χ2v) is 5.77. The van der Waals surface area contributed by atoms with Crippen molar-refractivity contribution in [2.75, 3.05) is 13.1 Å². The molecule has 0 aromatic carbocycles. The average molecular weight is 310 g/mol. The molecule has 7 heteroatoms. The fourth-order valence-corrected chi connectivity index (χ4v) is 2.75. The molecule has 0 radical (unpaired) electrons. The Hall–Kier alpha value is -1.63. The molecule has 0 amide bonds. The number of nitrogens with zero attached hydrogens (tertiary/aromatic N) is 3. The van der Waals surface area contributed by atoms with Crippen molar-refractivity contribution >= 4 is 18.4 Å². The fraction of sp³-hybridized carbons (Fsp3) is 0.643. The van der Waals surface area contributed by atoms with Crippen molar-refractivity contribution in [3.05, 3.63) is 20.7 Å². The zero-order chi connectivity index (χ0) is 15.4. The summed E-state index contributed by atoms with van der Waals surface area (Å²) in [6.45, 7) is 5.72. The summed E-state index contributed by atoms with van der Waals surface area (Å²) in [4.78, 5) is 14.6. The highest BCUT2D eigenvalue weighted by atomic mass is 32.1. The van der Waals surface area contributed by atoms with Gasteiger partial charge in [-0.05, 0) is 44.8 Å². The summed E-state index contributed by atoms with van der Waals surface area (Å²) >= 11 is 5.13. The van der Waals surface area contributed by atoms with Gasteiger partial charge in [0.2, 0.25) is 5.88 Å². The van der Waals surface area contributed by atoms with Gasteiger partial charge in [0.1, 0.15) is 5.56 Å². The van der Waals surface area contributed by atoms with Crippen LogP contribution in [0.4, 0.5) is 0 Å². The van der Waals surface area contributed by atoms with Crippen LogP contribution >= 0.6 is 12.2 Å². The van der Waals surface area contributed by atoms with Crippen molar-refractivity contribution < 1.29 is 5.11 Å². The Morgan fingerprint density at radius 1 is 1.43 bits per heavy atom. The number of piperidine rings is 1. The quantitative estimate of drug-likeness (QED) is 0.661. The number of aromatic hydroxyl groups is 1. The highest BCUT2D eigenvalue weighted by molar-refractivity contribution is 7.71. The van der Waals surface area contributed by atoms with E-state index >= 15 is 0 Å². The van der Waals surface area contributed by atoms with Crippen LogP contribution in [0.15, 0.2) is 9.90 Å². The smallest absolute Gasteiger partial charge is 0.264 e. The van der Waals surface area contributed by atoms with Crippen LogP contribution in [0.25, 0.3) is 0 Å². The standard InChI is InChI=1S/C14H22N4O2S/c1-3-10(2)18-13(20)11(12(19)16-14(18)21)9-15-17-7-5-4-6-8-17/h9-10,20H,3-8H2,1-2H3,(H,16,19,21). The molecule has 2 N–H and O–H groups in total. The third-order valence-corrected chi connectivity index (χ3v) is 4.17. The highest BCUT2D eigenvalue weighted by Crippen LogP contribution is 2.20. The number of rotatable bonds is 4. The Morgan fingerprint density at radius 3 is 2.71 bits per heavy atom. The minimum atomic E-state index is -0.405. The number of nitrogens with one attached hydrogen (secondary N) is 1. The Balaban J connectivity index is 2.36. The van der Waals surface area contributed by atoms with Crippen molar-refractivity contribution in [2.24, 2.45) is 5.10 Å². The maximum Gasteiger partial charge on any atom is 0.264 e. The van der Waals surface area contributed by atoms with Crippen LogP contribution in [0.5, 0.6) is 5.88 Å². The largest absolute Gasteiger partial charge is 0.494 e. The summed E-state index contributed by atoms with van der Waals surface area (Å²) in [5, 5.41) is 16.6. The predicted octanol–water partition coefficient (Wildman–Crippen LogP) is 2.40. The van der Waals surface area contributed by atoms with Crippen LogP contribution in [-0.2, 0) is 0 Å². The fourth-order valence-electron chi connectivity index (χ4n) is 2.39. The molecule has 6 nitrogen and oxygen atoms in total. The molecular weight excluding hydrogens is 288 g/mol. The monoisotopic (exact) mass is 310 g/mol. The molecule has 0 spiro atoms. The first kappa shape index (κ1) is 15.8. The summed E-state index contributed by atoms with van der Waals surface area (Å²) in [6, 6.07) is 0.0106. The Labute approximate surface area is 129 Å². The van der Waals surface area contributed by atoms with Crippen LogP contribution in [0, 0.1) is 4.77 Å². The molecule has 2 heterocycles. The average Bonchev–Trinajstić information content (AvgIpc) is 2.47. The summed E-state index contributed by atoms with van der Waals surface area (Å²) in [6.07, 6.45) is 5.68. The number of aromatic amines is 1. The first-order valence-electron chi connectivity index (χ1n) is 7.41. The third-order valence-electron chi connectivity index (χ3n) is 3.87. The summed E-state index contributed by atoms with van der Waals surface area (Å²) < 4.78 is 1.80. The molecule has 1 unspecified atom stereocenters.